The van der Waals surface area contributed by atoms with Crippen LogP contribution in [0, 0.1) is 16.0 Å². The van der Waals surface area contributed by atoms with Gasteiger partial charge in [-0.2, -0.15) is 0 Å². The van der Waals surface area contributed by atoms with Crippen molar-refractivity contribution in [3.05, 3.63) is 34.4 Å². The molecule has 142 valence electrons. The quantitative estimate of drug-likeness (QED) is 0.555. The van der Waals surface area contributed by atoms with Crippen LogP contribution in [-0.4, -0.2) is 60.4 Å². The average Bonchev–Trinajstić information content (AvgIpc) is 2.65. The third-order valence-corrected chi connectivity index (χ3v) is 4.49. The molecule has 0 spiro atoms. The highest BCUT2D eigenvalue weighted by Gasteiger charge is 2.26. The molecule has 0 aliphatic carbocycles. The molecule has 1 saturated heterocycles. The molecule has 2 amide bonds. The molecule has 26 heavy (non-hydrogen) atoms. The van der Waals surface area contributed by atoms with Crippen molar-refractivity contribution in [3.8, 4) is 0 Å². The van der Waals surface area contributed by atoms with Gasteiger partial charge in [-0.15, -0.1) is 0 Å². The number of benzene rings is 1. The molecule has 0 bridgehead atoms. The summed E-state index contributed by atoms with van der Waals surface area (Å²) in [5, 5.41) is 13.7. The van der Waals surface area contributed by atoms with Crippen molar-refractivity contribution >= 4 is 23.2 Å². The van der Waals surface area contributed by atoms with Crippen LogP contribution in [0.25, 0.3) is 0 Å². The first-order valence-corrected chi connectivity index (χ1v) is 8.60. The van der Waals surface area contributed by atoms with Gasteiger partial charge in [-0.25, -0.2) is 0 Å². The molecule has 1 aliphatic heterocycles. The van der Waals surface area contributed by atoms with Gasteiger partial charge in [-0.3, -0.25) is 19.7 Å². The van der Waals surface area contributed by atoms with Crippen molar-refractivity contribution in [2.24, 2.45) is 11.7 Å². The van der Waals surface area contributed by atoms with E-state index in [9.17, 15) is 19.7 Å². The molecular weight excluding hydrogens is 338 g/mol. The number of hydrogen-bond acceptors (Lipinski definition) is 6. The van der Waals surface area contributed by atoms with Crippen LogP contribution in [0.3, 0.4) is 0 Å². The first-order valence-electron chi connectivity index (χ1n) is 8.60. The Morgan fingerprint density at radius 3 is 2.42 bits per heavy atom. The van der Waals surface area contributed by atoms with Crippen LogP contribution < -0.4 is 16.0 Å². The number of nitrogens with one attached hydrogen (secondary N) is 1. The molecule has 0 saturated carbocycles. The van der Waals surface area contributed by atoms with Crippen LogP contribution in [0.4, 0.5) is 11.4 Å². The van der Waals surface area contributed by atoms with E-state index in [4.69, 9.17) is 5.73 Å². The summed E-state index contributed by atoms with van der Waals surface area (Å²) in [5.41, 5.74) is 6.36. The van der Waals surface area contributed by atoms with E-state index in [1.807, 2.05) is 18.7 Å². The number of nitrogens with zero attached hydrogens (tertiary/aromatic N) is 3. The zero-order valence-electron chi connectivity index (χ0n) is 15.1. The number of nitrogens with two attached hydrogens (primary N) is 1. The maximum absolute atomic E-state index is 12.3. The number of amides is 2. The van der Waals surface area contributed by atoms with Gasteiger partial charge in [0.15, 0.2) is 0 Å². The topological polar surface area (TPSA) is 122 Å². The normalized spacial score (nSPS) is 15.7. The second kappa shape index (κ2) is 8.61. The van der Waals surface area contributed by atoms with E-state index in [1.165, 1.54) is 6.07 Å². The minimum Gasteiger partial charge on any atom is -0.362 e. The van der Waals surface area contributed by atoms with E-state index in [0.29, 0.717) is 31.9 Å². The molecule has 0 unspecified atom stereocenters. The van der Waals surface area contributed by atoms with Crippen molar-refractivity contribution in [1.29, 1.82) is 0 Å². The van der Waals surface area contributed by atoms with Gasteiger partial charge in [0.2, 0.25) is 11.8 Å². The Labute approximate surface area is 152 Å². The lowest BCUT2D eigenvalue weighted by Gasteiger charge is -2.35. The second-order valence-electron chi connectivity index (χ2n) is 6.60. The van der Waals surface area contributed by atoms with Crippen LogP contribution in [0.15, 0.2) is 24.3 Å². The minimum atomic E-state index is -0.640. The van der Waals surface area contributed by atoms with Gasteiger partial charge in [-0.1, -0.05) is 26.0 Å². The molecule has 1 aromatic rings. The number of anilines is 1. The molecular formula is C17H25N5O4. The van der Waals surface area contributed by atoms with Crippen molar-refractivity contribution in [2.75, 3.05) is 37.6 Å². The summed E-state index contributed by atoms with van der Waals surface area (Å²) < 4.78 is 0. The number of nitro groups is 1. The average molecular weight is 363 g/mol. The van der Waals surface area contributed by atoms with Gasteiger partial charge in [0.1, 0.15) is 5.69 Å². The number of carbonyl (C=O) groups is 2. The number of para-hydroxylation sites is 2. The Morgan fingerprint density at radius 1 is 1.23 bits per heavy atom. The van der Waals surface area contributed by atoms with Crippen molar-refractivity contribution < 1.29 is 14.5 Å². The molecule has 1 aliphatic rings. The van der Waals surface area contributed by atoms with Crippen LogP contribution in [0.5, 0.6) is 0 Å². The third kappa shape index (κ3) is 4.69. The van der Waals surface area contributed by atoms with E-state index in [0.717, 1.165) is 0 Å². The molecule has 0 radical (unpaired) electrons. The number of rotatable bonds is 6. The largest absolute Gasteiger partial charge is 0.362 e. The molecule has 9 heteroatoms. The lowest BCUT2D eigenvalue weighted by molar-refractivity contribution is -0.384. The summed E-state index contributed by atoms with van der Waals surface area (Å²) in [4.78, 5) is 38.4. The maximum Gasteiger partial charge on any atom is 0.292 e. The van der Waals surface area contributed by atoms with Crippen molar-refractivity contribution in [1.82, 2.24) is 10.2 Å². The monoisotopic (exact) mass is 363 g/mol. The van der Waals surface area contributed by atoms with Crippen LogP contribution in [0.1, 0.15) is 13.8 Å². The van der Waals surface area contributed by atoms with Crippen LogP contribution in [-0.2, 0) is 9.59 Å². The van der Waals surface area contributed by atoms with Crippen LogP contribution >= 0.6 is 0 Å². The predicted molar refractivity (Wildman–Crippen MR) is 97.7 cm³/mol. The van der Waals surface area contributed by atoms with Gasteiger partial charge in [0, 0.05) is 32.2 Å². The first-order chi connectivity index (χ1) is 12.3. The lowest BCUT2D eigenvalue weighted by atomic mass is 10.1. The summed E-state index contributed by atoms with van der Waals surface area (Å²) in [6.45, 7) is 5.47. The summed E-state index contributed by atoms with van der Waals surface area (Å²) in [6, 6.07) is 5.93. The second-order valence-corrected chi connectivity index (χ2v) is 6.60. The van der Waals surface area contributed by atoms with E-state index in [1.54, 1.807) is 23.1 Å². The van der Waals surface area contributed by atoms with E-state index in [2.05, 4.69) is 5.32 Å². The fraction of sp³-hybridized carbons (Fsp3) is 0.529. The highest BCUT2D eigenvalue weighted by atomic mass is 16.6. The van der Waals surface area contributed by atoms with Crippen molar-refractivity contribution in [2.45, 2.75) is 19.9 Å². The summed E-state index contributed by atoms with van der Waals surface area (Å²) in [6.07, 6.45) is 0. The van der Waals surface area contributed by atoms with Gasteiger partial charge in [-0.05, 0) is 12.0 Å². The van der Waals surface area contributed by atoms with Gasteiger partial charge in [0.25, 0.3) is 5.69 Å². The Kier molecular flexibility index (Phi) is 6.51. The number of hydrogen-bond donors (Lipinski definition) is 2. The predicted octanol–water partition coefficient (Wildman–Crippen LogP) is 0.343. The number of piperazine rings is 1. The number of carbonyl (C=O) groups excluding carboxylic acids is 2. The number of nitro benzene ring substituents is 1. The fourth-order valence-corrected chi connectivity index (χ4v) is 2.78. The van der Waals surface area contributed by atoms with Crippen molar-refractivity contribution in [3.63, 3.8) is 0 Å². The Bertz CT molecular complexity index is 671. The summed E-state index contributed by atoms with van der Waals surface area (Å²) >= 11 is 0. The highest BCUT2D eigenvalue weighted by molar-refractivity contribution is 5.87. The molecule has 9 nitrogen and oxygen atoms in total. The van der Waals surface area contributed by atoms with Crippen LogP contribution in [0.2, 0.25) is 0 Å². The smallest absolute Gasteiger partial charge is 0.292 e. The summed E-state index contributed by atoms with van der Waals surface area (Å²) in [5.74, 6) is -0.529. The third-order valence-electron chi connectivity index (χ3n) is 4.49. The van der Waals surface area contributed by atoms with E-state index >= 15 is 0 Å². The SMILES string of the molecule is CC(C)[C@H](N)C(=O)NCC(=O)N1CCN(c2ccccc2[N+](=O)[O-])CC1. The first kappa shape index (κ1) is 19.6. The minimum absolute atomic E-state index is 0.00434. The molecule has 1 atom stereocenters. The van der Waals surface area contributed by atoms with E-state index in [-0.39, 0.29) is 30.0 Å². The molecule has 1 fully saturated rings. The summed E-state index contributed by atoms with van der Waals surface area (Å²) in [7, 11) is 0. The molecule has 1 heterocycles. The Balaban J connectivity index is 1.87. The molecule has 0 aromatic heterocycles. The Hall–Kier alpha value is -2.68. The van der Waals surface area contributed by atoms with Gasteiger partial charge >= 0.3 is 0 Å². The highest BCUT2D eigenvalue weighted by Crippen LogP contribution is 2.28. The molecule has 2 rings (SSSR count). The van der Waals surface area contributed by atoms with Gasteiger partial charge in [0.05, 0.1) is 17.5 Å². The zero-order chi connectivity index (χ0) is 19.3. The van der Waals surface area contributed by atoms with E-state index < -0.39 is 11.0 Å². The van der Waals surface area contributed by atoms with Gasteiger partial charge < -0.3 is 20.9 Å². The lowest BCUT2D eigenvalue weighted by Crippen LogP contribution is -2.53. The molecule has 1 aromatic carbocycles. The fourth-order valence-electron chi connectivity index (χ4n) is 2.78. The zero-order valence-corrected chi connectivity index (χ0v) is 15.1. The molecule has 3 N–H and O–H groups in total. The Morgan fingerprint density at radius 2 is 1.85 bits per heavy atom. The maximum atomic E-state index is 12.3. The standard InChI is InChI=1S/C17H25N5O4/c1-12(2)16(18)17(24)19-11-15(23)21-9-7-20(8-10-21)13-5-3-4-6-14(13)22(25)26/h3-6,12,16H,7-11,18H2,1-2H3,(H,19,24)/t16-/m0/s1.